The number of methoxy groups -OCH3 is 3. The van der Waals surface area contributed by atoms with Gasteiger partial charge in [0.25, 0.3) is 5.91 Å². The van der Waals surface area contributed by atoms with Crippen LogP contribution in [0.1, 0.15) is 28.4 Å². The van der Waals surface area contributed by atoms with Crippen molar-refractivity contribution >= 4 is 21.6 Å². The highest BCUT2D eigenvalue weighted by molar-refractivity contribution is 7.92. The number of fused-ring (bicyclic) bond motifs is 1. The minimum Gasteiger partial charge on any atom is -0.493 e. The van der Waals surface area contributed by atoms with Gasteiger partial charge in [-0.1, -0.05) is 0 Å². The van der Waals surface area contributed by atoms with Gasteiger partial charge in [-0.05, 0) is 54.8 Å². The van der Waals surface area contributed by atoms with Gasteiger partial charge in [0.1, 0.15) is 0 Å². The molecule has 30 heavy (non-hydrogen) atoms. The third kappa shape index (κ3) is 4.16. The van der Waals surface area contributed by atoms with Crippen LogP contribution in [0.15, 0.2) is 30.3 Å². The highest BCUT2D eigenvalue weighted by atomic mass is 32.2. The van der Waals surface area contributed by atoms with E-state index in [4.69, 9.17) is 14.2 Å². The van der Waals surface area contributed by atoms with E-state index in [1.165, 1.54) is 31.9 Å². The molecule has 0 bridgehead atoms. The Kier molecular flexibility index (Phi) is 6.12. The van der Waals surface area contributed by atoms with Crippen LogP contribution in [0, 0.1) is 0 Å². The molecule has 0 spiro atoms. The van der Waals surface area contributed by atoms with Gasteiger partial charge in [-0.3, -0.25) is 9.10 Å². The zero-order valence-corrected chi connectivity index (χ0v) is 18.5. The van der Waals surface area contributed by atoms with Crippen molar-refractivity contribution in [2.75, 3.05) is 31.9 Å². The van der Waals surface area contributed by atoms with E-state index in [-0.39, 0.29) is 18.5 Å². The monoisotopic (exact) mass is 434 g/mol. The second-order valence-corrected chi connectivity index (χ2v) is 9.03. The number of hydrogen-bond donors (Lipinski definition) is 1. The van der Waals surface area contributed by atoms with Gasteiger partial charge >= 0.3 is 0 Å². The number of carbonyl (C=O) groups excluding carboxylic acids is 1. The van der Waals surface area contributed by atoms with Crippen LogP contribution in [0.4, 0.5) is 5.69 Å². The molecule has 3 rings (SSSR count). The van der Waals surface area contributed by atoms with Gasteiger partial charge in [0, 0.05) is 18.2 Å². The molecule has 1 aliphatic heterocycles. The minimum absolute atomic E-state index is 0.174. The maximum atomic E-state index is 12.7. The van der Waals surface area contributed by atoms with Crippen LogP contribution in [0.25, 0.3) is 0 Å². The molecule has 8 nitrogen and oxygen atoms in total. The summed E-state index contributed by atoms with van der Waals surface area (Å²) in [6, 6.07) is 8.45. The summed E-state index contributed by atoms with van der Waals surface area (Å²) in [6.07, 6.45) is 1.76. The van der Waals surface area contributed by atoms with Crippen molar-refractivity contribution in [2.24, 2.45) is 0 Å². The fourth-order valence-electron chi connectivity index (χ4n) is 3.77. The molecule has 0 saturated heterocycles. The number of rotatable bonds is 7. The molecule has 1 atom stereocenters. The topological polar surface area (TPSA) is 94.2 Å². The van der Waals surface area contributed by atoms with Crippen LogP contribution in [-0.2, 0) is 23.0 Å². The van der Waals surface area contributed by atoms with Gasteiger partial charge in [0.05, 0.1) is 33.3 Å². The van der Waals surface area contributed by atoms with E-state index >= 15 is 0 Å². The van der Waals surface area contributed by atoms with E-state index in [1.807, 2.05) is 6.92 Å². The molecule has 1 N–H and O–H groups in total. The molecule has 2 aromatic carbocycles. The third-order valence-corrected chi connectivity index (χ3v) is 6.30. The predicted molar refractivity (Wildman–Crippen MR) is 114 cm³/mol. The second kappa shape index (κ2) is 8.43. The fourth-order valence-corrected chi connectivity index (χ4v) is 5.03. The summed E-state index contributed by atoms with van der Waals surface area (Å²) in [4.78, 5) is 12.7. The summed E-state index contributed by atoms with van der Waals surface area (Å²) in [5, 5.41) is 2.88. The molecule has 162 valence electrons. The normalized spacial score (nSPS) is 15.5. The van der Waals surface area contributed by atoms with E-state index in [1.54, 1.807) is 30.3 Å². The van der Waals surface area contributed by atoms with Crippen molar-refractivity contribution in [3.05, 3.63) is 47.0 Å². The molecule has 1 amide bonds. The van der Waals surface area contributed by atoms with Crippen molar-refractivity contribution in [1.29, 1.82) is 0 Å². The third-order valence-electron chi connectivity index (χ3n) is 5.03. The average molecular weight is 435 g/mol. The van der Waals surface area contributed by atoms with Gasteiger partial charge in [-0.2, -0.15) is 0 Å². The van der Waals surface area contributed by atoms with Crippen molar-refractivity contribution < 1.29 is 27.4 Å². The number of carbonyl (C=O) groups is 1. The summed E-state index contributed by atoms with van der Waals surface area (Å²) in [6.45, 7) is 2.11. The maximum absolute atomic E-state index is 12.7. The Morgan fingerprint density at radius 1 is 1.10 bits per heavy atom. The van der Waals surface area contributed by atoms with Crippen LogP contribution in [0.3, 0.4) is 0 Å². The number of nitrogens with zero attached hydrogens (tertiary/aromatic N) is 1. The Hall–Kier alpha value is -2.94. The first-order valence-electron chi connectivity index (χ1n) is 9.39. The number of anilines is 1. The molecule has 9 heteroatoms. The maximum Gasteiger partial charge on any atom is 0.251 e. The van der Waals surface area contributed by atoms with Crippen LogP contribution in [0.2, 0.25) is 0 Å². The molecule has 1 heterocycles. The summed E-state index contributed by atoms with van der Waals surface area (Å²) in [5.41, 5.74) is 2.74. The number of sulfonamides is 1. The van der Waals surface area contributed by atoms with E-state index in [9.17, 15) is 13.2 Å². The molecular formula is C21H26N2O6S. The van der Waals surface area contributed by atoms with Gasteiger partial charge in [0.15, 0.2) is 11.5 Å². The fraction of sp³-hybridized carbons (Fsp3) is 0.381. The first-order chi connectivity index (χ1) is 14.2. The predicted octanol–water partition coefficient (Wildman–Crippen LogP) is 2.35. The molecule has 0 saturated carbocycles. The molecule has 0 aliphatic carbocycles. The molecule has 0 unspecified atom stereocenters. The standard InChI is InChI=1S/C21H26N2O6S/c1-13-8-16-11-15(6-7-17(16)23(13)30(5,25)26)21(24)22-12-14-9-18(27-2)20(29-4)19(10-14)28-3/h6-7,9-11,13H,8,12H2,1-5H3,(H,22,24)/t13-/m0/s1. The number of benzene rings is 2. The van der Waals surface area contributed by atoms with Crippen molar-refractivity contribution in [1.82, 2.24) is 5.32 Å². The van der Waals surface area contributed by atoms with Crippen molar-refractivity contribution in [2.45, 2.75) is 25.9 Å². The van der Waals surface area contributed by atoms with Crippen LogP contribution >= 0.6 is 0 Å². The second-order valence-electron chi connectivity index (χ2n) is 7.17. The highest BCUT2D eigenvalue weighted by Gasteiger charge is 2.32. The van der Waals surface area contributed by atoms with Gasteiger partial charge in [-0.25, -0.2) is 8.42 Å². The zero-order valence-electron chi connectivity index (χ0n) is 17.7. The molecule has 0 radical (unpaired) electrons. The molecule has 0 aromatic heterocycles. The summed E-state index contributed by atoms with van der Waals surface area (Å²) < 4.78 is 41.5. The van der Waals surface area contributed by atoms with Crippen LogP contribution < -0.4 is 23.8 Å². The zero-order chi connectivity index (χ0) is 22.1. The lowest BCUT2D eigenvalue weighted by molar-refractivity contribution is 0.0950. The Morgan fingerprint density at radius 2 is 1.73 bits per heavy atom. The van der Waals surface area contributed by atoms with E-state index < -0.39 is 10.0 Å². The van der Waals surface area contributed by atoms with Crippen LogP contribution in [-0.4, -0.2) is 48.0 Å². The molecule has 2 aromatic rings. The first kappa shape index (κ1) is 21.8. The summed E-state index contributed by atoms with van der Waals surface area (Å²) in [7, 11) is 1.23. The molecular weight excluding hydrogens is 408 g/mol. The lowest BCUT2D eigenvalue weighted by Crippen LogP contribution is -2.34. The van der Waals surface area contributed by atoms with Gasteiger partial charge in [-0.15, -0.1) is 0 Å². The van der Waals surface area contributed by atoms with Gasteiger partial charge < -0.3 is 19.5 Å². The number of hydrogen-bond acceptors (Lipinski definition) is 6. The lowest BCUT2D eigenvalue weighted by Gasteiger charge is -2.21. The minimum atomic E-state index is -3.36. The Bertz CT molecular complexity index is 1040. The first-order valence-corrected chi connectivity index (χ1v) is 11.2. The van der Waals surface area contributed by atoms with Crippen molar-refractivity contribution in [3.63, 3.8) is 0 Å². The molecule has 0 fully saturated rings. The van der Waals surface area contributed by atoms with Crippen LogP contribution in [0.5, 0.6) is 17.2 Å². The number of amides is 1. The summed E-state index contributed by atoms with van der Waals surface area (Å²) in [5.74, 6) is 1.25. The van der Waals surface area contributed by atoms with E-state index in [0.717, 1.165) is 11.1 Å². The van der Waals surface area contributed by atoms with Gasteiger partial charge in [0.2, 0.25) is 15.8 Å². The Morgan fingerprint density at radius 3 is 2.27 bits per heavy atom. The number of nitrogens with one attached hydrogen (secondary N) is 1. The van der Waals surface area contributed by atoms with E-state index in [0.29, 0.717) is 34.9 Å². The average Bonchev–Trinajstić information content (AvgIpc) is 3.06. The Balaban J connectivity index is 1.78. The Labute approximate surface area is 176 Å². The van der Waals surface area contributed by atoms with Crippen molar-refractivity contribution in [3.8, 4) is 17.2 Å². The SMILES string of the molecule is COc1cc(CNC(=O)c2ccc3c(c2)C[C@H](C)N3S(C)(=O)=O)cc(OC)c1OC. The lowest BCUT2D eigenvalue weighted by atomic mass is 10.1. The van der Waals surface area contributed by atoms with E-state index in [2.05, 4.69) is 5.32 Å². The highest BCUT2D eigenvalue weighted by Crippen LogP contribution is 2.38. The molecule has 1 aliphatic rings. The number of ether oxygens (including phenoxy) is 3. The largest absolute Gasteiger partial charge is 0.493 e. The summed E-state index contributed by atoms with van der Waals surface area (Å²) >= 11 is 0. The quantitative estimate of drug-likeness (QED) is 0.719. The smallest absolute Gasteiger partial charge is 0.251 e.